The Balaban J connectivity index is 3.68. The molecule has 0 aliphatic heterocycles. The molecule has 0 spiro atoms. The Labute approximate surface area is 68.3 Å². The topological polar surface area (TPSA) is 46.2 Å². The average Bonchev–Trinajstić information content (AvgIpc) is 1.87. The van der Waals surface area contributed by atoms with Crippen LogP contribution in [0.25, 0.3) is 0 Å². The van der Waals surface area contributed by atoms with Crippen molar-refractivity contribution in [3.05, 3.63) is 0 Å². The second-order valence-electron chi connectivity index (χ2n) is 2.03. The summed E-state index contributed by atoms with van der Waals surface area (Å²) in [5, 5.41) is 2.73. The maximum absolute atomic E-state index is 10.6. The van der Waals surface area contributed by atoms with Crippen molar-refractivity contribution in [2.45, 2.75) is 19.9 Å². The van der Waals surface area contributed by atoms with Gasteiger partial charge in [0.1, 0.15) is 0 Å². The monoisotopic (exact) mass is 207 g/mol. The summed E-state index contributed by atoms with van der Waals surface area (Å²) in [6.45, 7) is 3.10. The van der Waals surface area contributed by atoms with Gasteiger partial charge in [0.25, 0.3) is 0 Å². The lowest BCUT2D eigenvalue weighted by Gasteiger charge is -2.07. The second kappa shape index (κ2) is 4.44. The lowest BCUT2D eigenvalue weighted by atomic mass is 10.2. The van der Waals surface area contributed by atoms with Gasteiger partial charge in [-0.05, 0) is 13.8 Å². The van der Waals surface area contributed by atoms with Crippen LogP contribution in [-0.2, 0) is 9.59 Å². The minimum absolute atomic E-state index is 0.0331. The van der Waals surface area contributed by atoms with Crippen molar-refractivity contribution in [1.29, 1.82) is 0 Å². The molecule has 1 unspecified atom stereocenters. The van der Waals surface area contributed by atoms with Gasteiger partial charge in [-0.2, -0.15) is 0 Å². The van der Waals surface area contributed by atoms with Gasteiger partial charge in [0, 0.05) is 0 Å². The van der Waals surface area contributed by atoms with Crippen LogP contribution in [0.3, 0.4) is 0 Å². The van der Waals surface area contributed by atoms with Crippen molar-refractivity contribution in [1.82, 2.24) is 5.32 Å². The molecule has 1 amide bonds. The molecule has 0 aliphatic rings. The number of halogens is 1. The molecular formula is C6H10BrNO2. The molecule has 1 atom stereocenters. The standard InChI is InChI=1S/C6H10BrNO2/c1-4(5(2)9)8-6(10)3-7/h4H,3H2,1-2H3,(H,8,10). The molecule has 58 valence electrons. The maximum atomic E-state index is 10.6. The summed E-state index contributed by atoms with van der Waals surface area (Å²) in [5.41, 5.74) is 0. The average molecular weight is 208 g/mol. The summed E-state index contributed by atoms with van der Waals surface area (Å²) in [4.78, 5) is 21.2. The molecule has 0 rings (SSSR count). The van der Waals surface area contributed by atoms with Crippen LogP contribution in [0.1, 0.15) is 13.8 Å². The number of carbonyl (C=O) groups excluding carboxylic acids is 2. The molecular weight excluding hydrogens is 198 g/mol. The molecule has 3 nitrogen and oxygen atoms in total. The zero-order chi connectivity index (χ0) is 8.15. The van der Waals surface area contributed by atoms with Crippen molar-refractivity contribution in [3.8, 4) is 0 Å². The van der Waals surface area contributed by atoms with Crippen LogP contribution in [0.2, 0.25) is 0 Å². The van der Waals surface area contributed by atoms with E-state index in [9.17, 15) is 9.59 Å². The predicted octanol–water partition coefficient (Wildman–Crippen LogP) is 0.475. The Morgan fingerprint density at radius 3 is 2.40 bits per heavy atom. The van der Waals surface area contributed by atoms with Crippen LogP contribution in [-0.4, -0.2) is 23.1 Å². The first-order chi connectivity index (χ1) is 4.57. The smallest absolute Gasteiger partial charge is 0.231 e. The quantitative estimate of drug-likeness (QED) is 0.685. The predicted molar refractivity (Wildman–Crippen MR) is 42.1 cm³/mol. The largest absolute Gasteiger partial charge is 0.346 e. The summed E-state index contributed by atoms with van der Waals surface area (Å²) in [6.07, 6.45) is 0. The van der Waals surface area contributed by atoms with E-state index in [4.69, 9.17) is 0 Å². The Morgan fingerprint density at radius 1 is 1.60 bits per heavy atom. The van der Waals surface area contributed by atoms with Crippen LogP contribution in [0.5, 0.6) is 0 Å². The third-order valence-electron chi connectivity index (χ3n) is 1.11. The Kier molecular flexibility index (Phi) is 4.27. The van der Waals surface area contributed by atoms with E-state index >= 15 is 0 Å². The molecule has 0 saturated heterocycles. The van der Waals surface area contributed by atoms with Gasteiger partial charge in [-0.25, -0.2) is 0 Å². The Morgan fingerprint density at radius 2 is 2.10 bits per heavy atom. The van der Waals surface area contributed by atoms with Crippen LogP contribution in [0.15, 0.2) is 0 Å². The van der Waals surface area contributed by atoms with Gasteiger partial charge in [0.15, 0.2) is 5.78 Å². The first kappa shape index (κ1) is 9.62. The lowest BCUT2D eigenvalue weighted by molar-refractivity contribution is -0.124. The fourth-order valence-electron chi connectivity index (χ4n) is 0.382. The van der Waals surface area contributed by atoms with Crippen LogP contribution < -0.4 is 5.32 Å². The van der Waals surface area contributed by atoms with Gasteiger partial charge in [-0.1, -0.05) is 15.9 Å². The molecule has 0 aromatic heterocycles. The molecule has 0 bridgehead atoms. The molecule has 1 N–H and O–H groups in total. The SMILES string of the molecule is CC(=O)C(C)NC(=O)CBr. The van der Waals surface area contributed by atoms with Crippen molar-refractivity contribution in [3.63, 3.8) is 0 Å². The van der Waals surface area contributed by atoms with Crippen molar-refractivity contribution >= 4 is 27.6 Å². The van der Waals surface area contributed by atoms with Gasteiger partial charge < -0.3 is 5.32 Å². The van der Waals surface area contributed by atoms with E-state index in [0.29, 0.717) is 0 Å². The molecule has 0 saturated carbocycles. The molecule has 0 heterocycles. The van der Waals surface area contributed by atoms with Gasteiger partial charge in [-0.15, -0.1) is 0 Å². The zero-order valence-corrected chi connectivity index (χ0v) is 7.56. The highest BCUT2D eigenvalue weighted by Crippen LogP contribution is 1.85. The second-order valence-corrected chi connectivity index (χ2v) is 2.59. The number of alkyl halides is 1. The number of rotatable bonds is 3. The molecule has 10 heavy (non-hydrogen) atoms. The highest BCUT2D eigenvalue weighted by Gasteiger charge is 2.08. The van der Waals surface area contributed by atoms with E-state index in [2.05, 4.69) is 21.2 Å². The molecule has 0 aromatic carbocycles. The number of carbonyl (C=O) groups is 2. The third kappa shape index (κ3) is 3.61. The molecule has 0 fully saturated rings. The first-order valence-corrected chi connectivity index (χ1v) is 4.06. The highest BCUT2D eigenvalue weighted by atomic mass is 79.9. The Bertz CT molecular complexity index is 147. The summed E-state index contributed by atoms with van der Waals surface area (Å²) in [6, 6.07) is -0.370. The Hall–Kier alpha value is -0.380. The van der Waals surface area contributed by atoms with E-state index in [-0.39, 0.29) is 23.1 Å². The van der Waals surface area contributed by atoms with Crippen LogP contribution in [0.4, 0.5) is 0 Å². The number of Topliss-reactive ketones (excluding diaryl/α,β-unsaturated/α-hetero) is 1. The van der Waals surface area contributed by atoms with Gasteiger partial charge in [0.2, 0.25) is 5.91 Å². The molecule has 0 aliphatic carbocycles. The molecule has 4 heteroatoms. The maximum Gasteiger partial charge on any atom is 0.231 e. The van der Waals surface area contributed by atoms with Gasteiger partial charge in [0.05, 0.1) is 11.4 Å². The van der Waals surface area contributed by atoms with E-state index in [1.807, 2.05) is 0 Å². The van der Waals surface area contributed by atoms with Crippen molar-refractivity contribution < 1.29 is 9.59 Å². The third-order valence-corrected chi connectivity index (χ3v) is 1.62. The summed E-state index contributed by atoms with van der Waals surface area (Å²) in [5.74, 6) is -0.197. The number of amides is 1. The van der Waals surface area contributed by atoms with Crippen LogP contribution in [0, 0.1) is 0 Å². The minimum atomic E-state index is -0.370. The van der Waals surface area contributed by atoms with Crippen molar-refractivity contribution in [2.75, 3.05) is 5.33 Å². The minimum Gasteiger partial charge on any atom is -0.346 e. The van der Waals surface area contributed by atoms with Crippen LogP contribution >= 0.6 is 15.9 Å². The number of nitrogens with one attached hydrogen (secondary N) is 1. The van der Waals surface area contributed by atoms with Gasteiger partial charge >= 0.3 is 0 Å². The van der Waals surface area contributed by atoms with Crippen molar-refractivity contribution in [2.24, 2.45) is 0 Å². The molecule has 0 radical (unpaired) electrons. The fourth-order valence-corrected chi connectivity index (χ4v) is 0.544. The zero-order valence-electron chi connectivity index (χ0n) is 5.98. The summed E-state index contributed by atoms with van der Waals surface area (Å²) >= 11 is 2.97. The molecule has 0 aromatic rings. The van der Waals surface area contributed by atoms with E-state index in [1.165, 1.54) is 6.92 Å². The van der Waals surface area contributed by atoms with E-state index in [1.54, 1.807) is 6.92 Å². The number of hydrogen-bond acceptors (Lipinski definition) is 2. The number of ketones is 1. The number of hydrogen-bond donors (Lipinski definition) is 1. The summed E-state index contributed by atoms with van der Waals surface area (Å²) in [7, 11) is 0. The van der Waals surface area contributed by atoms with E-state index in [0.717, 1.165) is 0 Å². The fraction of sp³-hybridized carbons (Fsp3) is 0.667. The highest BCUT2D eigenvalue weighted by molar-refractivity contribution is 9.09. The first-order valence-electron chi connectivity index (χ1n) is 2.93. The van der Waals surface area contributed by atoms with E-state index < -0.39 is 0 Å². The van der Waals surface area contributed by atoms with Gasteiger partial charge in [-0.3, -0.25) is 9.59 Å². The summed E-state index contributed by atoms with van der Waals surface area (Å²) < 4.78 is 0. The normalized spacial score (nSPS) is 12.3. The lowest BCUT2D eigenvalue weighted by Crippen LogP contribution is -2.37.